The first-order valence-corrected chi connectivity index (χ1v) is 9.03. The van der Waals surface area contributed by atoms with Crippen LogP contribution in [0, 0.1) is 0 Å². The minimum absolute atomic E-state index is 0.192. The number of fused-ring (bicyclic) bond motifs is 1. The predicted molar refractivity (Wildman–Crippen MR) is 97.3 cm³/mol. The fraction of sp³-hybridized carbons (Fsp3) is 0.105. The van der Waals surface area contributed by atoms with E-state index in [2.05, 4.69) is 4.74 Å². The van der Waals surface area contributed by atoms with Crippen molar-refractivity contribution in [1.82, 2.24) is 0 Å². The molecule has 0 saturated carbocycles. The summed E-state index contributed by atoms with van der Waals surface area (Å²) in [6, 6.07) is 18.9. The molecule has 25 heavy (non-hydrogen) atoms. The first-order valence-electron chi connectivity index (χ1n) is 7.59. The molecule has 6 heteroatoms. The van der Waals surface area contributed by atoms with E-state index in [-0.39, 0.29) is 4.90 Å². The standard InChI is InChI=1S/C19H17NO4S/c1-20(17-9-5-8-16(12-17)19(21)24-2)25(22,23)18-11-10-14-6-3-4-7-15(14)13-18/h3-13H,1-2H3. The number of hydrogen-bond donors (Lipinski definition) is 0. The van der Waals surface area contributed by atoms with E-state index in [9.17, 15) is 13.2 Å². The number of ether oxygens (including phenoxy) is 1. The Hall–Kier alpha value is -2.86. The summed E-state index contributed by atoms with van der Waals surface area (Å²) in [5.41, 5.74) is 0.677. The zero-order valence-corrected chi connectivity index (χ0v) is 14.7. The van der Waals surface area contributed by atoms with Crippen LogP contribution in [-0.2, 0) is 14.8 Å². The molecule has 0 aromatic heterocycles. The summed E-state index contributed by atoms with van der Waals surface area (Å²) in [5.74, 6) is -0.515. The maximum atomic E-state index is 12.9. The summed E-state index contributed by atoms with van der Waals surface area (Å²) in [6.45, 7) is 0. The van der Waals surface area contributed by atoms with Gasteiger partial charge in [0.1, 0.15) is 0 Å². The first kappa shape index (κ1) is 17.0. The molecule has 0 heterocycles. The van der Waals surface area contributed by atoms with E-state index in [1.54, 1.807) is 36.4 Å². The number of hydrogen-bond acceptors (Lipinski definition) is 4. The highest BCUT2D eigenvalue weighted by Crippen LogP contribution is 2.25. The summed E-state index contributed by atoms with van der Waals surface area (Å²) in [5, 5.41) is 1.82. The molecule has 0 unspecified atom stereocenters. The third-order valence-corrected chi connectivity index (χ3v) is 5.79. The molecule has 0 aliphatic heterocycles. The number of carbonyl (C=O) groups is 1. The molecule has 0 radical (unpaired) electrons. The lowest BCUT2D eigenvalue weighted by Gasteiger charge is -2.20. The highest BCUT2D eigenvalue weighted by molar-refractivity contribution is 7.92. The molecule has 0 aliphatic carbocycles. The van der Waals surface area contributed by atoms with Gasteiger partial charge in [0.15, 0.2) is 0 Å². The van der Waals surface area contributed by atoms with E-state index in [4.69, 9.17) is 0 Å². The van der Waals surface area contributed by atoms with Gasteiger partial charge < -0.3 is 4.74 Å². The molecule has 3 rings (SSSR count). The second-order valence-electron chi connectivity index (χ2n) is 5.52. The predicted octanol–water partition coefficient (Wildman–Crippen LogP) is 3.45. The molecule has 0 fully saturated rings. The smallest absolute Gasteiger partial charge is 0.337 e. The molecule has 0 spiro atoms. The van der Waals surface area contributed by atoms with Crippen LogP contribution in [-0.4, -0.2) is 28.5 Å². The van der Waals surface area contributed by atoms with E-state index in [0.717, 1.165) is 15.1 Å². The van der Waals surface area contributed by atoms with Crippen LogP contribution in [0.25, 0.3) is 10.8 Å². The number of esters is 1. The number of methoxy groups -OCH3 is 1. The molecular weight excluding hydrogens is 338 g/mol. The minimum atomic E-state index is -3.75. The Morgan fingerprint density at radius 1 is 0.920 bits per heavy atom. The number of rotatable bonds is 4. The van der Waals surface area contributed by atoms with Gasteiger partial charge in [-0.1, -0.05) is 36.4 Å². The molecule has 3 aromatic carbocycles. The van der Waals surface area contributed by atoms with Crippen LogP contribution in [0.4, 0.5) is 5.69 Å². The van der Waals surface area contributed by atoms with E-state index < -0.39 is 16.0 Å². The summed E-state index contributed by atoms with van der Waals surface area (Å²) >= 11 is 0. The highest BCUT2D eigenvalue weighted by Gasteiger charge is 2.22. The van der Waals surface area contributed by atoms with Gasteiger partial charge in [-0.2, -0.15) is 0 Å². The van der Waals surface area contributed by atoms with Gasteiger partial charge in [0.2, 0.25) is 0 Å². The van der Waals surface area contributed by atoms with Crippen molar-refractivity contribution >= 4 is 32.5 Å². The van der Waals surface area contributed by atoms with Crippen molar-refractivity contribution in [2.24, 2.45) is 0 Å². The molecule has 0 atom stereocenters. The molecule has 0 saturated heterocycles. The van der Waals surface area contributed by atoms with Gasteiger partial charge in [-0.05, 0) is 41.1 Å². The maximum Gasteiger partial charge on any atom is 0.337 e. The van der Waals surface area contributed by atoms with Gasteiger partial charge in [-0.3, -0.25) is 4.31 Å². The SMILES string of the molecule is COC(=O)c1cccc(N(C)S(=O)(=O)c2ccc3ccccc3c2)c1. The third-order valence-electron chi connectivity index (χ3n) is 4.01. The van der Waals surface area contributed by atoms with E-state index in [1.165, 1.54) is 20.2 Å². The van der Waals surface area contributed by atoms with Gasteiger partial charge in [0.05, 0.1) is 23.3 Å². The van der Waals surface area contributed by atoms with Gasteiger partial charge >= 0.3 is 5.97 Å². The minimum Gasteiger partial charge on any atom is -0.465 e. The number of anilines is 1. The summed E-state index contributed by atoms with van der Waals surface area (Å²) in [4.78, 5) is 11.9. The molecule has 0 bridgehead atoms. The monoisotopic (exact) mass is 355 g/mol. The van der Waals surface area contributed by atoms with Crippen molar-refractivity contribution in [2.45, 2.75) is 4.90 Å². The molecule has 5 nitrogen and oxygen atoms in total. The maximum absolute atomic E-state index is 12.9. The van der Waals surface area contributed by atoms with Crippen molar-refractivity contribution in [2.75, 3.05) is 18.5 Å². The summed E-state index contributed by atoms with van der Waals surface area (Å²) in [6.07, 6.45) is 0. The summed E-state index contributed by atoms with van der Waals surface area (Å²) < 4.78 is 31.7. The fourth-order valence-electron chi connectivity index (χ4n) is 2.57. The van der Waals surface area contributed by atoms with Crippen molar-refractivity contribution in [1.29, 1.82) is 0 Å². The lowest BCUT2D eigenvalue weighted by molar-refractivity contribution is 0.0600. The van der Waals surface area contributed by atoms with Crippen LogP contribution < -0.4 is 4.31 Å². The topological polar surface area (TPSA) is 63.7 Å². The van der Waals surface area contributed by atoms with Gasteiger partial charge in [0, 0.05) is 7.05 Å². The average molecular weight is 355 g/mol. The number of benzene rings is 3. The van der Waals surface area contributed by atoms with Gasteiger partial charge in [-0.25, -0.2) is 13.2 Å². The van der Waals surface area contributed by atoms with Crippen LogP contribution in [0.1, 0.15) is 10.4 Å². The van der Waals surface area contributed by atoms with Crippen molar-refractivity contribution in [3.63, 3.8) is 0 Å². The zero-order valence-electron chi connectivity index (χ0n) is 13.8. The molecule has 0 aliphatic rings. The lowest BCUT2D eigenvalue weighted by atomic mass is 10.1. The normalized spacial score (nSPS) is 11.3. The number of carbonyl (C=O) groups excluding carboxylic acids is 1. The second-order valence-corrected chi connectivity index (χ2v) is 7.49. The van der Waals surface area contributed by atoms with Crippen molar-refractivity contribution in [3.8, 4) is 0 Å². The van der Waals surface area contributed by atoms with Crippen LogP contribution in [0.15, 0.2) is 71.6 Å². The van der Waals surface area contributed by atoms with E-state index >= 15 is 0 Å². The Balaban J connectivity index is 2.02. The second kappa shape index (κ2) is 6.57. The Morgan fingerprint density at radius 3 is 2.36 bits per heavy atom. The van der Waals surface area contributed by atoms with Gasteiger partial charge in [0.25, 0.3) is 10.0 Å². The molecular formula is C19H17NO4S. The molecule has 3 aromatic rings. The molecule has 128 valence electrons. The number of nitrogens with zero attached hydrogens (tertiary/aromatic N) is 1. The Labute approximate surface area is 146 Å². The average Bonchev–Trinajstić information content (AvgIpc) is 2.66. The number of sulfonamides is 1. The molecule has 0 amide bonds. The van der Waals surface area contributed by atoms with Crippen molar-refractivity contribution in [3.05, 3.63) is 72.3 Å². The first-order chi connectivity index (χ1) is 11.9. The Kier molecular flexibility index (Phi) is 4.46. The van der Waals surface area contributed by atoms with Gasteiger partial charge in [-0.15, -0.1) is 0 Å². The largest absolute Gasteiger partial charge is 0.465 e. The molecule has 0 N–H and O–H groups in total. The van der Waals surface area contributed by atoms with Crippen LogP contribution >= 0.6 is 0 Å². The van der Waals surface area contributed by atoms with Crippen LogP contribution in [0.2, 0.25) is 0 Å². The lowest BCUT2D eigenvalue weighted by Crippen LogP contribution is -2.26. The Bertz CT molecular complexity index is 1040. The van der Waals surface area contributed by atoms with E-state index in [1.807, 2.05) is 24.3 Å². The quantitative estimate of drug-likeness (QED) is 0.673. The van der Waals surface area contributed by atoms with E-state index in [0.29, 0.717) is 11.3 Å². The summed E-state index contributed by atoms with van der Waals surface area (Å²) in [7, 11) is -1.01. The Morgan fingerprint density at radius 2 is 1.64 bits per heavy atom. The highest BCUT2D eigenvalue weighted by atomic mass is 32.2. The third kappa shape index (κ3) is 3.21. The van der Waals surface area contributed by atoms with Crippen LogP contribution in [0.3, 0.4) is 0 Å². The fourth-order valence-corrected chi connectivity index (χ4v) is 3.79. The zero-order chi connectivity index (χ0) is 18.0. The van der Waals surface area contributed by atoms with Crippen LogP contribution in [0.5, 0.6) is 0 Å². The van der Waals surface area contributed by atoms with Crippen molar-refractivity contribution < 1.29 is 17.9 Å².